The van der Waals surface area contributed by atoms with Crippen molar-refractivity contribution in [3.63, 3.8) is 0 Å². The average Bonchev–Trinajstić information content (AvgIpc) is 2.34. The van der Waals surface area contributed by atoms with Crippen LogP contribution in [0.1, 0.15) is 36.8 Å². The van der Waals surface area contributed by atoms with E-state index >= 15 is 0 Å². The number of rotatable bonds is 3. The largest absolute Gasteiger partial charge is 0.317 e. The number of nitrogens with zero attached hydrogens (tertiary/aromatic N) is 3. The molecule has 0 aromatic carbocycles. The maximum Gasteiger partial charge on any atom is 0.142 e. The van der Waals surface area contributed by atoms with E-state index < -0.39 is 0 Å². The molecule has 1 aromatic rings. The predicted octanol–water partition coefficient (Wildman–Crippen LogP) is 1.95. The quantitative estimate of drug-likeness (QED) is 0.742. The molecule has 0 spiro atoms. The van der Waals surface area contributed by atoms with Gasteiger partial charge in [-0.1, -0.05) is 6.42 Å². The van der Waals surface area contributed by atoms with Crippen molar-refractivity contribution in [2.45, 2.75) is 30.9 Å². The Hall–Kier alpha value is -0.510. The summed E-state index contributed by atoms with van der Waals surface area (Å²) in [5.41, 5.74) is 0. The maximum atomic E-state index is 4.26. The van der Waals surface area contributed by atoms with Gasteiger partial charge in [-0.2, -0.15) is 11.8 Å². The smallest absolute Gasteiger partial charge is 0.142 e. The van der Waals surface area contributed by atoms with Gasteiger partial charge in [-0.3, -0.25) is 0 Å². The van der Waals surface area contributed by atoms with Gasteiger partial charge in [-0.25, -0.2) is 0 Å². The molecule has 0 unspecified atom stereocenters. The van der Waals surface area contributed by atoms with Crippen molar-refractivity contribution >= 4 is 11.8 Å². The summed E-state index contributed by atoms with van der Waals surface area (Å²) >= 11 is 1.80. The van der Waals surface area contributed by atoms with E-state index in [4.69, 9.17) is 0 Å². The zero-order valence-electron chi connectivity index (χ0n) is 8.16. The second kappa shape index (κ2) is 3.70. The van der Waals surface area contributed by atoms with E-state index in [1.807, 2.05) is 0 Å². The third-order valence-corrected chi connectivity index (χ3v) is 3.29. The molecule has 1 aromatic heterocycles. The normalized spacial score (nSPS) is 17.4. The molecular weight excluding hydrogens is 182 g/mol. The summed E-state index contributed by atoms with van der Waals surface area (Å²) in [7, 11) is 2.08. The molecule has 0 amide bonds. The number of hydrogen-bond acceptors (Lipinski definition) is 3. The monoisotopic (exact) mass is 197 g/mol. The van der Waals surface area contributed by atoms with Crippen LogP contribution in [0.5, 0.6) is 0 Å². The van der Waals surface area contributed by atoms with Crippen LogP contribution in [-0.4, -0.2) is 21.0 Å². The molecule has 0 radical (unpaired) electrons. The van der Waals surface area contributed by atoms with E-state index in [1.165, 1.54) is 25.1 Å². The molecule has 0 N–H and O–H groups in total. The van der Waals surface area contributed by atoms with Gasteiger partial charge < -0.3 is 4.57 Å². The summed E-state index contributed by atoms with van der Waals surface area (Å²) in [6.45, 7) is 0. The van der Waals surface area contributed by atoms with Gasteiger partial charge >= 0.3 is 0 Å². The Labute approximate surface area is 82.9 Å². The van der Waals surface area contributed by atoms with E-state index in [-0.39, 0.29) is 0 Å². The fourth-order valence-corrected chi connectivity index (χ4v) is 2.16. The molecule has 4 heteroatoms. The van der Waals surface area contributed by atoms with Crippen LogP contribution in [0.4, 0.5) is 0 Å². The zero-order chi connectivity index (χ0) is 9.26. The molecule has 0 saturated heterocycles. The van der Waals surface area contributed by atoms with E-state index in [1.54, 1.807) is 11.8 Å². The summed E-state index contributed by atoms with van der Waals surface area (Å²) in [6, 6.07) is 0. The maximum absolute atomic E-state index is 4.26. The van der Waals surface area contributed by atoms with E-state index in [0.717, 1.165) is 11.6 Å². The Morgan fingerprint density at radius 2 is 2.23 bits per heavy atom. The Kier molecular flexibility index (Phi) is 2.58. The number of aromatic nitrogens is 3. The molecule has 3 nitrogen and oxygen atoms in total. The summed E-state index contributed by atoms with van der Waals surface area (Å²) in [4.78, 5) is 0. The number of thioether (sulfide) groups is 1. The van der Waals surface area contributed by atoms with Crippen molar-refractivity contribution in [2.24, 2.45) is 7.05 Å². The first kappa shape index (κ1) is 9.06. The van der Waals surface area contributed by atoms with Gasteiger partial charge in [-0.05, 0) is 19.1 Å². The molecule has 1 aliphatic carbocycles. The van der Waals surface area contributed by atoms with Gasteiger partial charge in [0, 0.05) is 13.0 Å². The fraction of sp³-hybridized carbons (Fsp3) is 0.778. The minimum Gasteiger partial charge on any atom is -0.317 e. The Balaban J connectivity index is 2.17. The molecule has 1 aliphatic rings. The molecule has 0 atom stereocenters. The summed E-state index contributed by atoms with van der Waals surface area (Å²) in [6.07, 6.45) is 6.05. The van der Waals surface area contributed by atoms with Crippen molar-refractivity contribution in [3.8, 4) is 0 Å². The summed E-state index contributed by atoms with van der Waals surface area (Å²) < 4.78 is 2.17. The van der Waals surface area contributed by atoms with Gasteiger partial charge in [0.2, 0.25) is 0 Å². The van der Waals surface area contributed by atoms with Gasteiger partial charge in [-0.15, -0.1) is 10.2 Å². The van der Waals surface area contributed by atoms with Crippen molar-refractivity contribution in [1.82, 2.24) is 14.8 Å². The zero-order valence-corrected chi connectivity index (χ0v) is 8.97. The lowest BCUT2D eigenvalue weighted by atomic mass is 9.85. The highest BCUT2D eigenvalue weighted by Crippen LogP contribution is 2.35. The standard InChI is InChI=1S/C9H15N3S/c1-12-8(6-13-2)10-11-9(12)7-4-3-5-7/h7H,3-6H2,1-2H3. The van der Waals surface area contributed by atoms with Crippen LogP contribution < -0.4 is 0 Å². The first-order valence-electron chi connectivity index (χ1n) is 4.70. The lowest BCUT2D eigenvalue weighted by Gasteiger charge is -2.24. The van der Waals surface area contributed by atoms with Gasteiger partial charge in [0.25, 0.3) is 0 Å². The minimum atomic E-state index is 0.688. The first-order valence-corrected chi connectivity index (χ1v) is 6.09. The third-order valence-electron chi connectivity index (χ3n) is 2.74. The predicted molar refractivity (Wildman–Crippen MR) is 54.8 cm³/mol. The molecule has 1 saturated carbocycles. The molecule has 2 rings (SSSR count). The van der Waals surface area contributed by atoms with Gasteiger partial charge in [0.1, 0.15) is 11.6 Å². The molecule has 0 aliphatic heterocycles. The number of hydrogen-bond donors (Lipinski definition) is 0. The van der Waals surface area contributed by atoms with Crippen molar-refractivity contribution < 1.29 is 0 Å². The van der Waals surface area contributed by atoms with Crippen molar-refractivity contribution in [3.05, 3.63) is 11.6 Å². The van der Waals surface area contributed by atoms with Crippen molar-refractivity contribution in [1.29, 1.82) is 0 Å². The van der Waals surface area contributed by atoms with Crippen molar-refractivity contribution in [2.75, 3.05) is 6.26 Å². The van der Waals surface area contributed by atoms with Crippen LogP contribution in [0.3, 0.4) is 0 Å². The second-order valence-electron chi connectivity index (χ2n) is 3.59. The lowest BCUT2D eigenvalue weighted by Crippen LogP contribution is -2.14. The average molecular weight is 197 g/mol. The van der Waals surface area contributed by atoms with Crippen LogP contribution in [0.2, 0.25) is 0 Å². The SMILES string of the molecule is CSCc1nnc(C2CCC2)n1C. The fourth-order valence-electron chi connectivity index (χ4n) is 1.65. The molecule has 0 bridgehead atoms. The Morgan fingerprint density at radius 1 is 1.46 bits per heavy atom. The topological polar surface area (TPSA) is 30.7 Å². The highest BCUT2D eigenvalue weighted by atomic mass is 32.2. The molecule has 1 fully saturated rings. The van der Waals surface area contributed by atoms with Gasteiger partial charge in [0.15, 0.2) is 0 Å². The molecule has 13 heavy (non-hydrogen) atoms. The van der Waals surface area contributed by atoms with Crippen LogP contribution in [0, 0.1) is 0 Å². The van der Waals surface area contributed by atoms with E-state index in [2.05, 4.69) is 28.1 Å². The van der Waals surface area contributed by atoms with Crippen LogP contribution >= 0.6 is 11.8 Å². The third kappa shape index (κ3) is 1.59. The molecule has 1 heterocycles. The lowest BCUT2D eigenvalue weighted by molar-refractivity contribution is 0.391. The molecule has 72 valence electrons. The highest BCUT2D eigenvalue weighted by molar-refractivity contribution is 7.97. The molecular formula is C9H15N3S. The van der Waals surface area contributed by atoms with Crippen LogP contribution in [0.15, 0.2) is 0 Å². The minimum absolute atomic E-state index is 0.688. The Morgan fingerprint density at radius 3 is 2.77 bits per heavy atom. The van der Waals surface area contributed by atoms with Crippen LogP contribution in [-0.2, 0) is 12.8 Å². The van der Waals surface area contributed by atoms with E-state index in [9.17, 15) is 0 Å². The van der Waals surface area contributed by atoms with Crippen LogP contribution in [0.25, 0.3) is 0 Å². The summed E-state index contributed by atoms with van der Waals surface area (Å²) in [5.74, 6) is 3.95. The highest BCUT2D eigenvalue weighted by Gasteiger charge is 2.24. The van der Waals surface area contributed by atoms with E-state index in [0.29, 0.717) is 5.92 Å². The second-order valence-corrected chi connectivity index (χ2v) is 4.46. The summed E-state index contributed by atoms with van der Waals surface area (Å²) in [5, 5.41) is 8.46. The first-order chi connectivity index (χ1) is 6.33. The van der Waals surface area contributed by atoms with Gasteiger partial charge in [0.05, 0.1) is 5.75 Å². The Bertz CT molecular complexity index is 291.